The van der Waals surface area contributed by atoms with Gasteiger partial charge in [0, 0.05) is 28.6 Å². The molecule has 0 spiro atoms. The van der Waals surface area contributed by atoms with Gasteiger partial charge in [0.1, 0.15) is 0 Å². The van der Waals surface area contributed by atoms with E-state index in [1.165, 1.54) is 27.5 Å². The van der Waals surface area contributed by atoms with Crippen molar-refractivity contribution in [1.82, 2.24) is 9.88 Å². The van der Waals surface area contributed by atoms with Gasteiger partial charge >= 0.3 is 0 Å². The minimum Gasteiger partial charge on any atom is -0.350 e. The van der Waals surface area contributed by atoms with Gasteiger partial charge in [-0.15, -0.1) is 0 Å². The second-order valence-corrected chi connectivity index (χ2v) is 6.12. The van der Waals surface area contributed by atoms with Gasteiger partial charge in [-0.25, -0.2) is 0 Å². The Morgan fingerprint density at radius 3 is 2.58 bits per heavy atom. The lowest BCUT2D eigenvalue weighted by atomic mass is 10.1. The van der Waals surface area contributed by atoms with E-state index in [1.807, 2.05) is 7.05 Å². The smallest absolute Gasteiger partial charge is 0.0470 e. The maximum atomic E-state index is 3.39. The highest BCUT2D eigenvalue weighted by Gasteiger charge is 2.09. The fraction of sp³-hybridized carbons (Fsp3) is 0.375. The first-order valence-corrected chi connectivity index (χ1v) is 7.88. The minimum absolute atomic E-state index is 0.475. The summed E-state index contributed by atoms with van der Waals surface area (Å²) in [5, 5.41) is 3.39. The van der Waals surface area contributed by atoms with Crippen LogP contribution in [-0.4, -0.2) is 11.6 Å². The Hall–Kier alpha value is -0.810. The Morgan fingerprint density at radius 1 is 1.21 bits per heavy atom. The Morgan fingerprint density at radius 2 is 1.95 bits per heavy atom. The molecule has 1 aromatic carbocycles. The normalized spacial score (nSPS) is 12.6. The number of hydrogen-bond acceptors (Lipinski definition) is 1. The number of halogens is 1. The van der Waals surface area contributed by atoms with E-state index in [0.717, 1.165) is 6.54 Å². The molecule has 0 aliphatic rings. The molecule has 1 heterocycles. The van der Waals surface area contributed by atoms with E-state index in [9.17, 15) is 0 Å². The van der Waals surface area contributed by atoms with Crippen molar-refractivity contribution in [2.24, 2.45) is 0 Å². The molecule has 1 unspecified atom stereocenters. The highest BCUT2D eigenvalue weighted by atomic mass is 127. The van der Waals surface area contributed by atoms with Gasteiger partial charge < -0.3 is 9.88 Å². The van der Waals surface area contributed by atoms with Crippen molar-refractivity contribution < 1.29 is 0 Å². The van der Waals surface area contributed by atoms with Gasteiger partial charge in [-0.1, -0.05) is 25.5 Å². The number of aromatic nitrogens is 1. The number of benzene rings is 1. The minimum atomic E-state index is 0.475. The Balaban J connectivity index is 2.06. The highest BCUT2D eigenvalue weighted by molar-refractivity contribution is 14.1. The molecule has 0 aliphatic carbocycles. The van der Waals surface area contributed by atoms with Crippen LogP contribution in [0.25, 0.3) is 0 Å². The van der Waals surface area contributed by atoms with Gasteiger partial charge in [-0.05, 0) is 65.4 Å². The lowest BCUT2D eigenvalue weighted by Gasteiger charge is -2.13. The van der Waals surface area contributed by atoms with Gasteiger partial charge in [-0.2, -0.15) is 0 Å². The average molecular weight is 368 g/mol. The molecule has 0 aliphatic heterocycles. The second kappa shape index (κ2) is 7.10. The highest BCUT2D eigenvalue weighted by Crippen LogP contribution is 2.19. The van der Waals surface area contributed by atoms with Gasteiger partial charge in [-0.3, -0.25) is 0 Å². The first kappa shape index (κ1) is 14.6. The first-order valence-electron chi connectivity index (χ1n) is 6.80. The maximum Gasteiger partial charge on any atom is 0.0470 e. The molecule has 0 saturated carbocycles. The Bertz CT molecular complexity index is 502. The van der Waals surface area contributed by atoms with Crippen LogP contribution in [0, 0.1) is 3.57 Å². The topological polar surface area (TPSA) is 17.0 Å². The fourth-order valence-corrected chi connectivity index (χ4v) is 2.69. The summed E-state index contributed by atoms with van der Waals surface area (Å²) in [6.45, 7) is 3.17. The Kier molecular flexibility index (Phi) is 5.45. The third kappa shape index (κ3) is 4.08. The van der Waals surface area contributed by atoms with Crippen LogP contribution in [0.15, 0.2) is 42.7 Å². The predicted molar refractivity (Wildman–Crippen MR) is 89.4 cm³/mol. The maximum absolute atomic E-state index is 3.39. The van der Waals surface area contributed by atoms with Gasteiger partial charge in [0.2, 0.25) is 0 Å². The lowest BCUT2D eigenvalue weighted by Crippen LogP contribution is -2.15. The number of hydrogen-bond donors (Lipinski definition) is 1. The predicted octanol–water partition coefficient (Wildman–Crippen LogP) is 4.20. The molecule has 102 valence electrons. The summed E-state index contributed by atoms with van der Waals surface area (Å²) in [4.78, 5) is 0. The summed E-state index contributed by atoms with van der Waals surface area (Å²) >= 11 is 2.34. The van der Waals surface area contributed by atoms with Crippen molar-refractivity contribution in [3.63, 3.8) is 0 Å². The van der Waals surface area contributed by atoms with E-state index in [0.29, 0.717) is 6.04 Å². The van der Waals surface area contributed by atoms with Gasteiger partial charge in [0.05, 0.1) is 0 Å². The lowest BCUT2D eigenvalue weighted by molar-refractivity contribution is 0.540. The molecule has 1 atom stereocenters. The molecule has 0 radical (unpaired) electrons. The molecule has 0 fully saturated rings. The van der Waals surface area contributed by atoms with Crippen LogP contribution >= 0.6 is 22.6 Å². The van der Waals surface area contributed by atoms with E-state index in [1.54, 1.807) is 0 Å². The quantitative estimate of drug-likeness (QED) is 0.757. The summed E-state index contributed by atoms with van der Waals surface area (Å²) in [6.07, 6.45) is 6.82. The molecule has 1 aromatic heterocycles. The standard InChI is InChI=1S/C16H21IN2/c1-3-4-16(18-2)14-9-10-19(12-14)11-13-5-7-15(17)8-6-13/h5-10,12,16,18H,3-4,11H2,1-2H3. The van der Waals surface area contributed by atoms with Crippen LogP contribution in [-0.2, 0) is 6.54 Å². The summed E-state index contributed by atoms with van der Waals surface area (Å²) < 4.78 is 3.55. The van der Waals surface area contributed by atoms with Crippen LogP contribution in [0.1, 0.15) is 36.9 Å². The van der Waals surface area contributed by atoms with E-state index in [2.05, 4.69) is 82.1 Å². The number of nitrogens with one attached hydrogen (secondary N) is 1. The molecule has 2 aromatic rings. The van der Waals surface area contributed by atoms with Crippen LogP contribution < -0.4 is 5.32 Å². The van der Waals surface area contributed by atoms with E-state index in [4.69, 9.17) is 0 Å². The molecule has 2 nitrogen and oxygen atoms in total. The van der Waals surface area contributed by atoms with Crippen LogP contribution in [0.5, 0.6) is 0 Å². The zero-order valence-electron chi connectivity index (χ0n) is 11.6. The summed E-state index contributed by atoms with van der Waals surface area (Å²) in [5.74, 6) is 0. The molecule has 0 saturated heterocycles. The molecule has 0 bridgehead atoms. The van der Waals surface area contributed by atoms with Gasteiger partial charge in [0.25, 0.3) is 0 Å². The SMILES string of the molecule is CCCC(NC)c1ccn(Cc2ccc(I)cc2)c1. The zero-order valence-corrected chi connectivity index (χ0v) is 13.7. The van der Waals surface area contributed by atoms with Crippen molar-refractivity contribution in [2.45, 2.75) is 32.4 Å². The molecule has 19 heavy (non-hydrogen) atoms. The summed E-state index contributed by atoms with van der Waals surface area (Å²) in [7, 11) is 2.04. The third-order valence-electron chi connectivity index (χ3n) is 3.38. The van der Waals surface area contributed by atoms with Crippen molar-refractivity contribution in [1.29, 1.82) is 0 Å². The number of rotatable bonds is 6. The van der Waals surface area contributed by atoms with Crippen LogP contribution in [0.2, 0.25) is 0 Å². The Labute approximate surface area is 129 Å². The summed E-state index contributed by atoms with van der Waals surface area (Å²) in [6, 6.07) is 11.4. The van der Waals surface area contributed by atoms with Crippen molar-refractivity contribution in [2.75, 3.05) is 7.05 Å². The van der Waals surface area contributed by atoms with Crippen molar-refractivity contribution in [3.05, 3.63) is 57.4 Å². The molecule has 1 N–H and O–H groups in total. The average Bonchev–Trinajstić information content (AvgIpc) is 2.87. The third-order valence-corrected chi connectivity index (χ3v) is 4.10. The molecule has 3 heteroatoms. The first-order chi connectivity index (χ1) is 9.22. The summed E-state index contributed by atoms with van der Waals surface area (Å²) in [5.41, 5.74) is 2.73. The second-order valence-electron chi connectivity index (χ2n) is 4.87. The van der Waals surface area contributed by atoms with Gasteiger partial charge in [0.15, 0.2) is 0 Å². The molecule has 2 rings (SSSR count). The molecular weight excluding hydrogens is 347 g/mol. The number of nitrogens with zero attached hydrogens (tertiary/aromatic N) is 1. The van der Waals surface area contributed by atoms with Crippen molar-refractivity contribution in [3.8, 4) is 0 Å². The van der Waals surface area contributed by atoms with E-state index in [-0.39, 0.29) is 0 Å². The van der Waals surface area contributed by atoms with Crippen LogP contribution in [0.4, 0.5) is 0 Å². The fourth-order valence-electron chi connectivity index (χ4n) is 2.33. The van der Waals surface area contributed by atoms with Crippen LogP contribution in [0.3, 0.4) is 0 Å². The monoisotopic (exact) mass is 368 g/mol. The zero-order chi connectivity index (χ0) is 13.7. The molecule has 0 amide bonds. The largest absolute Gasteiger partial charge is 0.350 e. The van der Waals surface area contributed by atoms with E-state index >= 15 is 0 Å². The van der Waals surface area contributed by atoms with Crippen molar-refractivity contribution >= 4 is 22.6 Å². The van der Waals surface area contributed by atoms with E-state index < -0.39 is 0 Å². The molecular formula is C16H21IN2.